The molecule has 1 unspecified atom stereocenters. The SMILES string of the molecule is CNC(CC1CCOCC1)c1cc(Cl)ccc1F. The Morgan fingerprint density at radius 3 is 2.83 bits per heavy atom. The lowest BCUT2D eigenvalue weighted by Gasteiger charge is -2.27. The molecule has 4 heteroatoms. The Balaban J connectivity index is 2.09. The van der Waals surface area contributed by atoms with Gasteiger partial charge in [0, 0.05) is 29.8 Å². The maximum atomic E-state index is 13.8. The molecule has 0 amide bonds. The maximum Gasteiger partial charge on any atom is 0.128 e. The second kappa shape index (κ2) is 6.50. The van der Waals surface area contributed by atoms with Crippen LogP contribution < -0.4 is 5.32 Å². The lowest BCUT2D eigenvalue weighted by molar-refractivity contribution is 0.0607. The largest absolute Gasteiger partial charge is 0.381 e. The zero-order valence-corrected chi connectivity index (χ0v) is 11.3. The Morgan fingerprint density at radius 2 is 2.17 bits per heavy atom. The van der Waals surface area contributed by atoms with Gasteiger partial charge in [-0.15, -0.1) is 0 Å². The summed E-state index contributed by atoms with van der Waals surface area (Å²) in [5.41, 5.74) is 0.663. The van der Waals surface area contributed by atoms with Crippen LogP contribution in [0.15, 0.2) is 18.2 Å². The molecule has 0 radical (unpaired) electrons. The van der Waals surface area contributed by atoms with E-state index < -0.39 is 0 Å². The van der Waals surface area contributed by atoms with Crippen molar-refractivity contribution in [2.75, 3.05) is 20.3 Å². The molecule has 0 aromatic heterocycles. The van der Waals surface area contributed by atoms with E-state index in [-0.39, 0.29) is 11.9 Å². The molecule has 100 valence electrons. The lowest BCUT2D eigenvalue weighted by atomic mass is 9.89. The van der Waals surface area contributed by atoms with Crippen molar-refractivity contribution in [3.8, 4) is 0 Å². The Labute approximate surface area is 112 Å². The van der Waals surface area contributed by atoms with Crippen LogP contribution in [0.2, 0.25) is 5.02 Å². The van der Waals surface area contributed by atoms with Gasteiger partial charge < -0.3 is 10.1 Å². The van der Waals surface area contributed by atoms with E-state index in [4.69, 9.17) is 16.3 Å². The summed E-state index contributed by atoms with van der Waals surface area (Å²) in [4.78, 5) is 0. The molecule has 0 spiro atoms. The number of rotatable bonds is 4. The third-order valence-electron chi connectivity index (χ3n) is 3.59. The first-order chi connectivity index (χ1) is 8.70. The first-order valence-electron chi connectivity index (χ1n) is 6.40. The van der Waals surface area contributed by atoms with Crippen LogP contribution in [-0.4, -0.2) is 20.3 Å². The molecular formula is C14H19ClFNO. The summed E-state index contributed by atoms with van der Waals surface area (Å²) in [7, 11) is 1.87. The minimum atomic E-state index is -0.189. The summed E-state index contributed by atoms with van der Waals surface area (Å²) >= 11 is 5.95. The fourth-order valence-electron chi connectivity index (χ4n) is 2.50. The summed E-state index contributed by atoms with van der Waals surface area (Å²) in [5, 5.41) is 3.78. The average Bonchev–Trinajstić information content (AvgIpc) is 2.40. The molecule has 1 saturated heterocycles. The van der Waals surface area contributed by atoms with Crippen molar-refractivity contribution in [1.29, 1.82) is 0 Å². The molecule has 18 heavy (non-hydrogen) atoms. The molecule has 1 heterocycles. The number of ether oxygens (including phenoxy) is 1. The minimum absolute atomic E-state index is 0.0202. The second-order valence-electron chi connectivity index (χ2n) is 4.80. The van der Waals surface area contributed by atoms with Gasteiger partial charge in [-0.25, -0.2) is 4.39 Å². The Hall–Kier alpha value is -0.640. The number of hydrogen-bond acceptors (Lipinski definition) is 2. The van der Waals surface area contributed by atoms with Crippen LogP contribution in [0.5, 0.6) is 0 Å². The monoisotopic (exact) mass is 271 g/mol. The first-order valence-corrected chi connectivity index (χ1v) is 6.78. The molecule has 0 saturated carbocycles. The highest BCUT2D eigenvalue weighted by molar-refractivity contribution is 6.30. The standard InChI is InChI=1S/C14H19ClFNO/c1-17-14(8-10-4-6-18-7-5-10)12-9-11(15)2-3-13(12)16/h2-3,9-10,14,17H,4-8H2,1H3. The van der Waals surface area contributed by atoms with Crippen LogP contribution in [0.3, 0.4) is 0 Å². The highest BCUT2D eigenvalue weighted by Gasteiger charge is 2.21. The predicted molar refractivity (Wildman–Crippen MR) is 71.4 cm³/mol. The van der Waals surface area contributed by atoms with Crippen LogP contribution in [0.25, 0.3) is 0 Å². The number of hydrogen-bond donors (Lipinski definition) is 1. The van der Waals surface area contributed by atoms with E-state index in [1.807, 2.05) is 7.05 Å². The lowest BCUT2D eigenvalue weighted by Crippen LogP contribution is -2.24. The fraction of sp³-hybridized carbons (Fsp3) is 0.571. The number of halogens is 2. The molecule has 1 aromatic rings. The zero-order chi connectivity index (χ0) is 13.0. The van der Waals surface area contributed by atoms with Gasteiger partial charge in [0.1, 0.15) is 5.82 Å². The van der Waals surface area contributed by atoms with E-state index in [9.17, 15) is 4.39 Å². The molecular weight excluding hydrogens is 253 g/mol. The van der Waals surface area contributed by atoms with Gasteiger partial charge in [-0.3, -0.25) is 0 Å². The van der Waals surface area contributed by atoms with Crippen LogP contribution in [0, 0.1) is 11.7 Å². The van der Waals surface area contributed by atoms with Gasteiger partial charge in [0.25, 0.3) is 0 Å². The van der Waals surface area contributed by atoms with E-state index in [2.05, 4.69) is 5.32 Å². The first kappa shape index (κ1) is 13.8. The normalized spacial score (nSPS) is 18.8. The quantitative estimate of drug-likeness (QED) is 0.904. The molecule has 2 nitrogen and oxygen atoms in total. The van der Waals surface area contributed by atoms with Crippen LogP contribution in [0.1, 0.15) is 30.9 Å². The average molecular weight is 272 g/mol. The summed E-state index contributed by atoms with van der Waals surface area (Å²) in [5.74, 6) is 0.403. The third-order valence-corrected chi connectivity index (χ3v) is 3.83. The van der Waals surface area contributed by atoms with Gasteiger partial charge in [-0.1, -0.05) is 11.6 Å². The van der Waals surface area contributed by atoms with Crippen molar-refractivity contribution < 1.29 is 9.13 Å². The molecule has 1 fully saturated rings. The highest BCUT2D eigenvalue weighted by Crippen LogP contribution is 2.30. The fourth-order valence-corrected chi connectivity index (χ4v) is 2.68. The summed E-state index contributed by atoms with van der Waals surface area (Å²) in [6, 6.07) is 4.76. The van der Waals surface area contributed by atoms with Crippen molar-refractivity contribution >= 4 is 11.6 Å². The van der Waals surface area contributed by atoms with E-state index >= 15 is 0 Å². The van der Waals surface area contributed by atoms with Crippen molar-refractivity contribution in [1.82, 2.24) is 5.32 Å². The Kier molecular flexibility index (Phi) is 4.98. The van der Waals surface area contributed by atoms with Crippen LogP contribution in [-0.2, 0) is 4.74 Å². The third kappa shape index (κ3) is 3.44. The Bertz CT molecular complexity index is 393. The highest BCUT2D eigenvalue weighted by atomic mass is 35.5. The number of benzene rings is 1. The molecule has 0 bridgehead atoms. The molecule has 1 atom stereocenters. The van der Waals surface area contributed by atoms with E-state index in [1.165, 1.54) is 6.07 Å². The van der Waals surface area contributed by atoms with Crippen molar-refractivity contribution in [3.63, 3.8) is 0 Å². The molecule has 1 aliphatic rings. The van der Waals surface area contributed by atoms with Gasteiger partial charge in [-0.05, 0) is 50.4 Å². The van der Waals surface area contributed by atoms with Crippen LogP contribution >= 0.6 is 11.6 Å². The second-order valence-corrected chi connectivity index (χ2v) is 5.23. The van der Waals surface area contributed by atoms with Crippen molar-refractivity contribution in [2.45, 2.75) is 25.3 Å². The molecule has 2 rings (SSSR count). The maximum absolute atomic E-state index is 13.8. The topological polar surface area (TPSA) is 21.3 Å². The smallest absolute Gasteiger partial charge is 0.128 e. The van der Waals surface area contributed by atoms with E-state index in [0.29, 0.717) is 16.5 Å². The number of nitrogens with one attached hydrogen (secondary N) is 1. The minimum Gasteiger partial charge on any atom is -0.381 e. The van der Waals surface area contributed by atoms with Gasteiger partial charge >= 0.3 is 0 Å². The van der Waals surface area contributed by atoms with Crippen molar-refractivity contribution in [3.05, 3.63) is 34.6 Å². The van der Waals surface area contributed by atoms with E-state index in [1.54, 1.807) is 12.1 Å². The molecule has 1 aromatic carbocycles. The van der Waals surface area contributed by atoms with Gasteiger partial charge in [-0.2, -0.15) is 0 Å². The van der Waals surface area contributed by atoms with Crippen LogP contribution in [0.4, 0.5) is 4.39 Å². The van der Waals surface area contributed by atoms with Crippen molar-refractivity contribution in [2.24, 2.45) is 5.92 Å². The van der Waals surface area contributed by atoms with Gasteiger partial charge in [0.2, 0.25) is 0 Å². The molecule has 1 N–H and O–H groups in total. The summed E-state index contributed by atoms with van der Waals surface area (Å²) in [6.07, 6.45) is 3.04. The van der Waals surface area contributed by atoms with E-state index in [0.717, 1.165) is 32.5 Å². The zero-order valence-electron chi connectivity index (χ0n) is 10.6. The molecule has 0 aliphatic carbocycles. The summed E-state index contributed by atoms with van der Waals surface area (Å²) < 4.78 is 19.2. The Morgan fingerprint density at radius 1 is 1.44 bits per heavy atom. The van der Waals surface area contributed by atoms with Gasteiger partial charge in [0.15, 0.2) is 0 Å². The van der Waals surface area contributed by atoms with Gasteiger partial charge in [0.05, 0.1) is 0 Å². The summed E-state index contributed by atoms with van der Waals surface area (Å²) in [6.45, 7) is 1.64. The molecule has 1 aliphatic heterocycles. The predicted octanol–water partition coefficient (Wildman–Crippen LogP) is 3.56.